The van der Waals surface area contributed by atoms with Crippen molar-refractivity contribution in [1.82, 2.24) is 4.90 Å². The zero-order valence-electron chi connectivity index (χ0n) is 21.2. The van der Waals surface area contributed by atoms with Crippen molar-refractivity contribution in [2.75, 3.05) is 38.8 Å². The van der Waals surface area contributed by atoms with Crippen LogP contribution in [0.5, 0.6) is 5.75 Å². The second-order valence-electron chi connectivity index (χ2n) is 9.84. The minimum absolute atomic E-state index is 0.618. The Morgan fingerprint density at radius 1 is 0.829 bits per heavy atom. The van der Waals surface area contributed by atoms with Crippen LogP contribution in [0.1, 0.15) is 36.0 Å². The highest BCUT2D eigenvalue weighted by Crippen LogP contribution is 2.33. The third-order valence-corrected chi connectivity index (χ3v) is 7.33. The fraction of sp³-hybridized carbons (Fsp3) is 0.355. The van der Waals surface area contributed by atoms with Gasteiger partial charge in [0.2, 0.25) is 0 Å². The van der Waals surface area contributed by atoms with Crippen LogP contribution in [-0.2, 0) is 11.3 Å². The summed E-state index contributed by atoms with van der Waals surface area (Å²) in [6.07, 6.45) is 5.41. The molecule has 182 valence electrons. The number of aryl methyl sites for hydroxylation is 1. The van der Waals surface area contributed by atoms with E-state index in [4.69, 9.17) is 9.47 Å². The summed E-state index contributed by atoms with van der Waals surface area (Å²) < 4.78 is 11.6. The highest BCUT2D eigenvalue weighted by atomic mass is 16.5. The van der Waals surface area contributed by atoms with Crippen LogP contribution in [0.15, 0.2) is 72.4 Å². The van der Waals surface area contributed by atoms with E-state index in [0.29, 0.717) is 12.6 Å². The molecule has 0 N–H and O–H groups in total. The predicted molar refractivity (Wildman–Crippen MR) is 145 cm³/mol. The number of hydrogen-bond donors (Lipinski definition) is 0. The fourth-order valence-electron chi connectivity index (χ4n) is 5.03. The lowest BCUT2D eigenvalue weighted by molar-refractivity contribution is 0.0407. The molecule has 3 aromatic carbocycles. The monoisotopic (exact) mass is 468 g/mol. The molecule has 0 spiro atoms. The molecule has 2 aliphatic heterocycles. The van der Waals surface area contributed by atoms with E-state index in [1.807, 2.05) is 0 Å². The van der Waals surface area contributed by atoms with Crippen molar-refractivity contribution in [2.24, 2.45) is 0 Å². The normalized spacial score (nSPS) is 16.3. The number of fused-ring (bicyclic) bond motifs is 1. The highest BCUT2D eigenvalue weighted by molar-refractivity contribution is 5.73. The van der Waals surface area contributed by atoms with Gasteiger partial charge >= 0.3 is 0 Å². The van der Waals surface area contributed by atoms with Crippen molar-refractivity contribution in [2.45, 2.75) is 38.8 Å². The first-order chi connectivity index (χ1) is 17.1. The van der Waals surface area contributed by atoms with Crippen LogP contribution in [0.4, 0.5) is 5.69 Å². The third-order valence-electron chi connectivity index (χ3n) is 7.33. The van der Waals surface area contributed by atoms with E-state index in [1.165, 1.54) is 33.6 Å². The van der Waals surface area contributed by atoms with Gasteiger partial charge in [0.25, 0.3) is 0 Å². The van der Waals surface area contributed by atoms with Gasteiger partial charge in [-0.3, -0.25) is 4.90 Å². The zero-order valence-corrected chi connectivity index (χ0v) is 21.2. The van der Waals surface area contributed by atoms with Crippen LogP contribution < -0.4 is 9.64 Å². The third kappa shape index (κ3) is 5.61. The largest absolute Gasteiger partial charge is 0.493 e. The summed E-state index contributed by atoms with van der Waals surface area (Å²) in [5.41, 5.74) is 8.66. The Hall–Kier alpha value is -3.08. The van der Waals surface area contributed by atoms with E-state index in [0.717, 1.165) is 50.3 Å². The minimum Gasteiger partial charge on any atom is -0.493 e. The first-order valence-corrected chi connectivity index (χ1v) is 12.7. The van der Waals surface area contributed by atoms with E-state index in [1.54, 1.807) is 0 Å². The predicted octanol–water partition coefficient (Wildman–Crippen LogP) is 6.53. The summed E-state index contributed by atoms with van der Waals surface area (Å²) in [6, 6.07) is 24.8. The molecule has 35 heavy (non-hydrogen) atoms. The van der Waals surface area contributed by atoms with Gasteiger partial charge in [-0.15, -0.1) is 0 Å². The standard InChI is InChI=1S/C31H36N2O2/c1-23-4-8-25(9-5-23)26-10-13-31-27(20-26)21-30(16-19-35-31)33(3)29-11-6-24(7-12-29)22-32(2)28-14-17-34-18-15-28/h4-13,20-21,28H,14-19,22H2,1-3H3. The molecule has 2 aliphatic rings. The molecule has 3 aromatic rings. The van der Waals surface area contributed by atoms with Gasteiger partial charge in [0.15, 0.2) is 0 Å². The maximum absolute atomic E-state index is 6.10. The fourth-order valence-corrected chi connectivity index (χ4v) is 5.03. The number of benzene rings is 3. The summed E-state index contributed by atoms with van der Waals surface area (Å²) >= 11 is 0. The number of ether oxygens (including phenoxy) is 2. The van der Waals surface area contributed by atoms with E-state index in [9.17, 15) is 0 Å². The van der Waals surface area contributed by atoms with Crippen LogP contribution in [0, 0.1) is 6.92 Å². The Morgan fingerprint density at radius 3 is 2.29 bits per heavy atom. The summed E-state index contributed by atoms with van der Waals surface area (Å²) in [6.45, 7) is 5.54. The summed E-state index contributed by atoms with van der Waals surface area (Å²) in [4.78, 5) is 4.76. The Labute approximate surface area is 209 Å². The second kappa shape index (κ2) is 10.7. The van der Waals surface area contributed by atoms with E-state index in [-0.39, 0.29) is 0 Å². The molecule has 0 bridgehead atoms. The number of nitrogens with zero attached hydrogens (tertiary/aromatic N) is 2. The van der Waals surface area contributed by atoms with Crippen LogP contribution in [0.2, 0.25) is 0 Å². The lowest BCUT2D eigenvalue weighted by Gasteiger charge is -2.31. The molecule has 4 heteroatoms. The molecule has 1 saturated heterocycles. The molecule has 0 amide bonds. The quantitative estimate of drug-likeness (QED) is 0.410. The highest BCUT2D eigenvalue weighted by Gasteiger charge is 2.19. The Morgan fingerprint density at radius 2 is 1.54 bits per heavy atom. The molecule has 2 heterocycles. The number of anilines is 1. The average Bonchev–Trinajstić information content (AvgIpc) is 3.12. The lowest BCUT2D eigenvalue weighted by Crippen LogP contribution is -2.36. The topological polar surface area (TPSA) is 24.9 Å². The van der Waals surface area contributed by atoms with E-state index in [2.05, 4.69) is 104 Å². The van der Waals surface area contributed by atoms with Gasteiger partial charge < -0.3 is 14.4 Å². The molecular weight excluding hydrogens is 432 g/mol. The molecule has 0 unspecified atom stereocenters. The van der Waals surface area contributed by atoms with Crippen molar-refractivity contribution < 1.29 is 9.47 Å². The van der Waals surface area contributed by atoms with Gasteiger partial charge in [0.1, 0.15) is 5.75 Å². The van der Waals surface area contributed by atoms with Gasteiger partial charge in [0.05, 0.1) is 6.61 Å². The minimum atomic E-state index is 0.618. The summed E-state index contributed by atoms with van der Waals surface area (Å²) in [7, 11) is 4.39. The first-order valence-electron chi connectivity index (χ1n) is 12.7. The van der Waals surface area contributed by atoms with E-state index < -0.39 is 0 Å². The van der Waals surface area contributed by atoms with Crippen molar-refractivity contribution in [3.63, 3.8) is 0 Å². The Balaban J connectivity index is 1.32. The van der Waals surface area contributed by atoms with Crippen molar-refractivity contribution in [3.05, 3.63) is 89.1 Å². The summed E-state index contributed by atoms with van der Waals surface area (Å²) in [5.74, 6) is 0.954. The molecule has 1 fully saturated rings. The van der Waals surface area contributed by atoms with Gasteiger partial charge in [-0.2, -0.15) is 0 Å². The lowest BCUT2D eigenvalue weighted by atomic mass is 10.0. The molecule has 0 aromatic heterocycles. The molecule has 0 aliphatic carbocycles. The van der Waals surface area contributed by atoms with Crippen molar-refractivity contribution >= 4 is 11.8 Å². The molecule has 0 saturated carbocycles. The molecule has 0 atom stereocenters. The zero-order chi connectivity index (χ0) is 24.2. The van der Waals surface area contributed by atoms with Gasteiger partial charge in [-0.1, -0.05) is 48.0 Å². The maximum atomic E-state index is 6.10. The smallest absolute Gasteiger partial charge is 0.126 e. The Bertz CT molecular complexity index is 1160. The second-order valence-corrected chi connectivity index (χ2v) is 9.84. The van der Waals surface area contributed by atoms with Crippen molar-refractivity contribution in [3.8, 4) is 16.9 Å². The van der Waals surface area contributed by atoms with Crippen molar-refractivity contribution in [1.29, 1.82) is 0 Å². The van der Waals surface area contributed by atoms with Crippen LogP contribution in [0.3, 0.4) is 0 Å². The van der Waals surface area contributed by atoms with E-state index >= 15 is 0 Å². The maximum Gasteiger partial charge on any atom is 0.126 e. The number of hydrogen-bond acceptors (Lipinski definition) is 4. The number of rotatable bonds is 6. The van der Waals surface area contributed by atoms with Gasteiger partial charge in [-0.25, -0.2) is 0 Å². The molecule has 0 radical (unpaired) electrons. The van der Waals surface area contributed by atoms with Crippen LogP contribution >= 0.6 is 0 Å². The van der Waals surface area contributed by atoms with Gasteiger partial charge in [-0.05, 0) is 73.8 Å². The summed E-state index contributed by atoms with van der Waals surface area (Å²) in [5, 5.41) is 0. The first kappa shape index (κ1) is 23.7. The van der Waals surface area contributed by atoms with Gasteiger partial charge in [0, 0.05) is 56.2 Å². The van der Waals surface area contributed by atoms with Crippen LogP contribution in [-0.4, -0.2) is 44.9 Å². The van der Waals surface area contributed by atoms with Crippen LogP contribution in [0.25, 0.3) is 17.2 Å². The Kier molecular flexibility index (Phi) is 7.21. The molecule has 5 rings (SSSR count). The molecule has 4 nitrogen and oxygen atoms in total. The molecular formula is C31H36N2O2. The SMILES string of the molecule is Cc1ccc(-c2ccc3c(c2)C=C(N(C)c2ccc(CN(C)C4CCOCC4)cc2)CCO3)cc1. The average molecular weight is 469 g/mol.